The van der Waals surface area contributed by atoms with Crippen molar-refractivity contribution in [3.8, 4) is 0 Å². The van der Waals surface area contributed by atoms with Crippen LogP contribution in [0.1, 0.15) is 441 Å². The van der Waals surface area contributed by atoms with Gasteiger partial charge in [-0.3, -0.25) is 37.3 Å². The van der Waals surface area contributed by atoms with Gasteiger partial charge in [-0.05, 0) is 49.4 Å². The second kappa shape index (κ2) is 73.8. The Bertz CT molecular complexity index is 2020. The zero-order valence-corrected chi connectivity index (χ0v) is 70.5. The molecule has 0 fully saturated rings. The molecule has 104 heavy (non-hydrogen) atoms. The van der Waals surface area contributed by atoms with Crippen molar-refractivity contribution >= 4 is 39.5 Å². The Morgan fingerprint density at radius 1 is 0.240 bits per heavy atom. The van der Waals surface area contributed by atoms with Crippen molar-refractivity contribution in [1.82, 2.24) is 0 Å². The highest BCUT2D eigenvalue weighted by Crippen LogP contribution is 2.45. The lowest BCUT2D eigenvalue weighted by Crippen LogP contribution is -2.30. The molecule has 0 aromatic carbocycles. The highest BCUT2D eigenvalue weighted by molar-refractivity contribution is 7.47. The summed E-state index contributed by atoms with van der Waals surface area (Å²) in [6, 6.07) is 0. The standard InChI is InChI=1S/C85H166O17P2/c1-75(2)61-53-45-37-29-22-16-11-9-13-19-25-33-41-49-57-65-82(87)95-71-80(101-84(89)67-59-51-43-34-26-20-14-10-12-17-23-30-38-46-54-62-76(3)4)73-99-103(91,92)97-69-79(86)70-98-104(93,94)100-74-81(72-96-83(88)66-58-50-42-36-28-32-40-48-56-64-78(7)8)102-85(90)68-60-52-44-35-27-21-15-18-24-31-39-47-55-63-77(5)6/h75-81,86H,9-74H2,1-8H3,(H,91,92)(H,93,94)/t79-,80-,81-/m1/s1. The predicted octanol–water partition coefficient (Wildman–Crippen LogP) is 25.6. The van der Waals surface area contributed by atoms with Gasteiger partial charge in [0.25, 0.3) is 0 Å². The first kappa shape index (κ1) is 102. The summed E-state index contributed by atoms with van der Waals surface area (Å²) in [5, 5.41) is 10.7. The molecule has 0 saturated carbocycles. The van der Waals surface area contributed by atoms with Crippen molar-refractivity contribution in [2.75, 3.05) is 39.6 Å². The van der Waals surface area contributed by atoms with Crippen molar-refractivity contribution in [2.45, 2.75) is 459 Å². The molecule has 618 valence electrons. The fourth-order valence-corrected chi connectivity index (χ4v) is 14.7. The molecule has 0 aliphatic carbocycles. The molecule has 0 spiro atoms. The number of esters is 4. The number of aliphatic hydroxyl groups is 1. The number of phosphoric acid groups is 2. The molecule has 2 unspecified atom stereocenters. The van der Waals surface area contributed by atoms with Gasteiger partial charge in [-0.1, -0.05) is 389 Å². The molecule has 0 amide bonds. The van der Waals surface area contributed by atoms with Crippen molar-refractivity contribution in [3.05, 3.63) is 0 Å². The Kier molecular flexibility index (Phi) is 72.5. The van der Waals surface area contributed by atoms with Crippen LogP contribution in [-0.4, -0.2) is 96.7 Å². The Labute approximate surface area is 638 Å². The molecular formula is C85H166O17P2. The molecule has 0 aromatic rings. The number of hydrogen-bond donors (Lipinski definition) is 3. The van der Waals surface area contributed by atoms with Gasteiger partial charge in [0.2, 0.25) is 0 Å². The SMILES string of the molecule is CC(C)CCCCCCCCCCCCCCCCCC(=O)OC[C@H](COP(=O)(O)OC[C@@H](O)COP(=O)(O)OC[C@@H](COC(=O)CCCCCCCCCCCC(C)C)OC(=O)CCCCCCCCCCCCCCCC(C)C)OC(=O)CCCCCCCCCCCCCCCCCC(C)C. The van der Waals surface area contributed by atoms with Gasteiger partial charge in [0.05, 0.1) is 26.4 Å². The topological polar surface area (TPSA) is 237 Å². The zero-order chi connectivity index (χ0) is 76.7. The maximum absolute atomic E-state index is 13.1. The number of aliphatic hydroxyl groups excluding tert-OH is 1. The van der Waals surface area contributed by atoms with E-state index in [1.165, 1.54) is 244 Å². The van der Waals surface area contributed by atoms with E-state index in [0.717, 1.165) is 114 Å². The van der Waals surface area contributed by atoms with E-state index in [4.69, 9.17) is 37.0 Å². The van der Waals surface area contributed by atoms with Crippen molar-refractivity contribution in [1.29, 1.82) is 0 Å². The molecule has 0 aromatic heterocycles. The fraction of sp³-hybridized carbons (Fsp3) is 0.953. The Balaban J connectivity index is 5.27. The number of ether oxygens (including phenoxy) is 4. The van der Waals surface area contributed by atoms with Gasteiger partial charge in [-0.25, -0.2) is 9.13 Å². The van der Waals surface area contributed by atoms with Crippen LogP contribution in [0.2, 0.25) is 0 Å². The fourth-order valence-electron chi connectivity index (χ4n) is 13.1. The number of rotatable bonds is 82. The summed E-state index contributed by atoms with van der Waals surface area (Å²) in [6.07, 6.45) is 62.4. The lowest BCUT2D eigenvalue weighted by molar-refractivity contribution is -0.161. The summed E-state index contributed by atoms with van der Waals surface area (Å²) < 4.78 is 68.9. The average molecular weight is 1520 g/mol. The van der Waals surface area contributed by atoms with Crippen LogP contribution in [-0.2, 0) is 65.4 Å². The van der Waals surface area contributed by atoms with Crippen LogP contribution >= 0.6 is 15.6 Å². The van der Waals surface area contributed by atoms with Gasteiger partial charge < -0.3 is 33.8 Å². The minimum absolute atomic E-state index is 0.107. The summed E-state index contributed by atoms with van der Waals surface area (Å²) in [6.45, 7) is 14.3. The molecule has 0 aliphatic rings. The molecule has 0 radical (unpaired) electrons. The number of unbranched alkanes of at least 4 members (excludes halogenated alkanes) is 48. The minimum atomic E-state index is -4.97. The largest absolute Gasteiger partial charge is 0.472 e. The first-order valence-electron chi connectivity index (χ1n) is 43.7. The van der Waals surface area contributed by atoms with Crippen molar-refractivity contribution in [3.63, 3.8) is 0 Å². The predicted molar refractivity (Wildman–Crippen MR) is 428 cm³/mol. The van der Waals surface area contributed by atoms with Crippen LogP contribution in [0.15, 0.2) is 0 Å². The molecule has 17 nitrogen and oxygen atoms in total. The Morgan fingerprint density at radius 3 is 0.596 bits per heavy atom. The van der Waals surface area contributed by atoms with Gasteiger partial charge in [0, 0.05) is 25.7 Å². The zero-order valence-electron chi connectivity index (χ0n) is 68.7. The van der Waals surface area contributed by atoms with E-state index >= 15 is 0 Å². The Hall–Kier alpha value is -1.94. The summed E-state index contributed by atoms with van der Waals surface area (Å²) >= 11 is 0. The van der Waals surface area contributed by atoms with E-state index in [1.807, 2.05) is 0 Å². The van der Waals surface area contributed by atoms with E-state index in [9.17, 15) is 43.2 Å². The number of carbonyl (C=O) groups is 4. The average Bonchev–Trinajstić information content (AvgIpc) is 0.906. The van der Waals surface area contributed by atoms with Crippen LogP contribution in [0.5, 0.6) is 0 Å². The van der Waals surface area contributed by atoms with Crippen LogP contribution < -0.4 is 0 Å². The molecule has 0 rings (SSSR count). The number of hydrogen-bond acceptors (Lipinski definition) is 15. The Morgan fingerprint density at radius 2 is 0.404 bits per heavy atom. The van der Waals surface area contributed by atoms with Crippen molar-refractivity contribution in [2.24, 2.45) is 23.7 Å². The number of carbonyl (C=O) groups excluding carboxylic acids is 4. The normalized spacial score (nSPS) is 14.0. The maximum atomic E-state index is 13.1. The molecule has 3 N–H and O–H groups in total. The van der Waals surface area contributed by atoms with E-state index in [-0.39, 0.29) is 25.7 Å². The highest BCUT2D eigenvalue weighted by atomic mass is 31.2. The maximum Gasteiger partial charge on any atom is 0.472 e. The van der Waals surface area contributed by atoms with E-state index in [1.54, 1.807) is 0 Å². The molecule has 0 saturated heterocycles. The van der Waals surface area contributed by atoms with Gasteiger partial charge in [0.1, 0.15) is 19.3 Å². The van der Waals surface area contributed by atoms with Crippen LogP contribution in [0.25, 0.3) is 0 Å². The van der Waals surface area contributed by atoms with Gasteiger partial charge in [0.15, 0.2) is 12.2 Å². The van der Waals surface area contributed by atoms with Crippen LogP contribution in [0.4, 0.5) is 0 Å². The highest BCUT2D eigenvalue weighted by Gasteiger charge is 2.30. The monoisotopic (exact) mass is 1520 g/mol. The lowest BCUT2D eigenvalue weighted by Gasteiger charge is -2.21. The summed E-state index contributed by atoms with van der Waals surface area (Å²) in [7, 11) is -9.93. The smallest absolute Gasteiger partial charge is 0.462 e. The third kappa shape index (κ3) is 78.2. The van der Waals surface area contributed by atoms with Gasteiger partial charge in [-0.2, -0.15) is 0 Å². The first-order valence-corrected chi connectivity index (χ1v) is 46.7. The molecule has 0 bridgehead atoms. The molecule has 5 atom stereocenters. The van der Waals surface area contributed by atoms with Crippen LogP contribution in [0.3, 0.4) is 0 Å². The second-order valence-corrected chi connectivity index (χ2v) is 35.4. The quantitative estimate of drug-likeness (QED) is 0.0222. The van der Waals surface area contributed by atoms with Crippen molar-refractivity contribution < 1.29 is 80.2 Å². The van der Waals surface area contributed by atoms with E-state index < -0.39 is 97.5 Å². The molecule has 19 heteroatoms. The molecule has 0 heterocycles. The summed E-state index contributed by atoms with van der Waals surface area (Å²) in [5.74, 6) is 1.03. The number of phosphoric ester groups is 2. The summed E-state index contributed by atoms with van der Waals surface area (Å²) in [4.78, 5) is 73.2. The third-order valence-corrected chi connectivity index (χ3v) is 21.7. The van der Waals surface area contributed by atoms with E-state index in [0.29, 0.717) is 25.7 Å². The summed E-state index contributed by atoms with van der Waals surface area (Å²) in [5.41, 5.74) is 0. The third-order valence-electron chi connectivity index (χ3n) is 19.8. The minimum Gasteiger partial charge on any atom is -0.462 e. The van der Waals surface area contributed by atoms with Gasteiger partial charge >= 0.3 is 39.5 Å². The second-order valence-electron chi connectivity index (χ2n) is 32.5. The molecular weight excluding hydrogens is 1350 g/mol. The van der Waals surface area contributed by atoms with Crippen LogP contribution in [0, 0.1) is 23.7 Å². The molecule has 0 aliphatic heterocycles. The van der Waals surface area contributed by atoms with E-state index in [2.05, 4.69) is 55.4 Å². The van der Waals surface area contributed by atoms with Gasteiger partial charge in [-0.15, -0.1) is 0 Å². The lowest BCUT2D eigenvalue weighted by atomic mass is 10.0. The first-order chi connectivity index (χ1) is 50.1.